The second-order valence-electron chi connectivity index (χ2n) is 7.31. The molecule has 0 saturated carbocycles. The maximum Gasteiger partial charge on any atom is 0.255 e. The predicted octanol–water partition coefficient (Wildman–Crippen LogP) is 0.794. The molecule has 10 nitrogen and oxygen atoms in total. The fourth-order valence-electron chi connectivity index (χ4n) is 3.75. The zero-order valence-corrected chi connectivity index (χ0v) is 16.1. The fourth-order valence-corrected chi connectivity index (χ4v) is 3.75. The standard InChI is InChI=1S/C20H17N7O3/c1-11-6-7-21-18(22-11)15-10-27(25-24-15)13-3-2-12-9-26(20(30)14(12)8-13)16-4-5-17(28)23-19(16)29/h2-3,6-8,10,16H,4-5,9H2,1H3,(H,23,28,29). The summed E-state index contributed by atoms with van der Waals surface area (Å²) in [6.07, 6.45) is 3.92. The van der Waals surface area contributed by atoms with E-state index in [2.05, 4.69) is 25.6 Å². The Morgan fingerprint density at radius 1 is 1.17 bits per heavy atom. The van der Waals surface area contributed by atoms with Gasteiger partial charge in [0.25, 0.3) is 5.91 Å². The molecular weight excluding hydrogens is 386 g/mol. The number of hydrogen-bond acceptors (Lipinski definition) is 7. The zero-order chi connectivity index (χ0) is 20.8. The molecule has 1 fully saturated rings. The van der Waals surface area contributed by atoms with Crippen molar-refractivity contribution >= 4 is 17.7 Å². The lowest BCUT2D eigenvalue weighted by molar-refractivity contribution is -0.136. The maximum atomic E-state index is 13.0. The number of aryl methyl sites for hydroxylation is 1. The number of aromatic nitrogens is 5. The summed E-state index contributed by atoms with van der Waals surface area (Å²) in [6.45, 7) is 2.20. The maximum absolute atomic E-state index is 13.0. The number of amides is 3. The number of carbonyl (C=O) groups excluding carboxylic acids is 3. The van der Waals surface area contributed by atoms with Gasteiger partial charge in [0.05, 0.1) is 11.9 Å². The van der Waals surface area contributed by atoms with Crippen LogP contribution < -0.4 is 5.32 Å². The molecule has 0 spiro atoms. The third kappa shape index (κ3) is 3.02. The van der Waals surface area contributed by atoms with Gasteiger partial charge >= 0.3 is 0 Å². The lowest BCUT2D eigenvalue weighted by Crippen LogP contribution is -2.52. The summed E-state index contributed by atoms with van der Waals surface area (Å²) < 4.78 is 1.56. The van der Waals surface area contributed by atoms with Gasteiger partial charge in [-0.15, -0.1) is 5.10 Å². The van der Waals surface area contributed by atoms with Gasteiger partial charge < -0.3 is 4.90 Å². The van der Waals surface area contributed by atoms with Crippen LogP contribution in [-0.4, -0.2) is 53.6 Å². The molecule has 4 heterocycles. The molecule has 3 aromatic rings. The Balaban J connectivity index is 1.42. The highest BCUT2D eigenvalue weighted by atomic mass is 16.2. The van der Waals surface area contributed by atoms with E-state index in [0.29, 0.717) is 35.7 Å². The summed E-state index contributed by atoms with van der Waals surface area (Å²) in [4.78, 5) is 46.6. The molecule has 2 aliphatic heterocycles. The van der Waals surface area contributed by atoms with Gasteiger partial charge in [0.1, 0.15) is 6.04 Å². The van der Waals surface area contributed by atoms with Crippen molar-refractivity contribution in [3.05, 3.63) is 53.5 Å². The third-order valence-electron chi connectivity index (χ3n) is 5.29. The average Bonchev–Trinajstić information content (AvgIpc) is 3.34. The van der Waals surface area contributed by atoms with Crippen molar-refractivity contribution in [3.63, 3.8) is 0 Å². The molecule has 5 rings (SSSR count). The highest BCUT2D eigenvalue weighted by molar-refractivity contribution is 6.05. The first-order valence-corrected chi connectivity index (χ1v) is 9.50. The molecule has 2 aromatic heterocycles. The molecule has 10 heteroatoms. The quantitative estimate of drug-likeness (QED) is 0.642. The second-order valence-corrected chi connectivity index (χ2v) is 7.31. The zero-order valence-electron chi connectivity index (χ0n) is 16.1. The minimum Gasteiger partial charge on any atom is -0.322 e. The topological polar surface area (TPSA) is 123 Å². The van der Waals surface area contributed by atoms with Crippen molar-refractivity contribution in [1.82, 2.24) is 35.2 Å². The first kappa shape index (κ1) is 18.1. The van der Waals surface area contributed by atoms with Gasteiger partial charge in [0, 0.05) is 30.4 Å². The number of hydrogen-bond donors (Lipinski definition) is 1. The first-order valence-electron chi connectivity index (χ1n) is 9.50. The minimum absolute atomic E-state index is 0.227. The van der Waals surface area contributed by atoms with Gasteiger partial charge in [0.15, 0.2) is 11.5 Å². The van der Waals surface area contributed by atoms with Crippen LogP contribution >= 0.6 is 0 Å². The van der Waals surface area contributed by atoms with Crippen LogP contribution in [0.2, 0.25) is 0 Å². The molecule has 1 aromatic carbocycles. The summed E-state index contributed by atoms with van der Waals surface area (Å²) in [6, 6.07) is 6.59. The Morgan fingerprint density at radius 3 is 2.83 bits per heavy atom. The van der Waals surface area contributed by atoms with Crippen molar-refractivity contribution in [2.75, 3.05) is 0 Å². The molecule has 30 heavy (non-hydrogen) atoms. The number of fused-ring (bicyclic) bond motifs is 1. The van der Waals surface area contributed by atoms with E-state index in [4.69, 9.17) is 0 Å². The van der Waals surface area contributed by atoms with Gasteiger partial charge in [-0.1, -0.05) is 11.3 Å². The van der Waals surface area contributed by atoms with Crippen LogP contribution in [0.3, 0.4) is 0 Å². The van der Waals surface area contributed by atoms with E-state index in [1.54, 1.807) is 29.2 Å². The number of benzene rings is 1. The molecule has 0 bridgehead atoms. The number of piperidine rings is 1. The molecule has 1 N–H and O–H groups in total. The van der Waals surface area contributed by atoms with Crippen molar-refractivity contribution in [3.8, 4) is 17.2 Å². The highest BCUT2D eigenvalue weighted by Gasteiger charge is 2.39. The number of nitrogens with one attached hydrogen (secondary N) is 1. The van der Waals surface area contributed by atoms with Gasteiger partial charge in [0.2, 0.25) is 11.8 Å². The van der Waals surface area contributed by atoms with Crippen LogP contribution in [0.15, 0.2) is 36.7 Å². The molecule has 1 atom stereocenters. The Hall–Kier alpha value is -3.95. The molecular formula is C20H17N7O3. The summed E-state index contributed by atoms with van der Waals surface area (Å²) in [7, 11) is 0. The van der Waals surface area contributed by atoms with E-state index < -0.39 is 11.9 Å². The number of imide groups is 1. The summed E-state index contributed by atoms with van der Waals surface area (Å²) in [5.41, 5.74) is 3.36. The fraction of sp³-hybridized carbons (Fsp3) is 0.250. The number of rotatable bonds is 3. The average molecular weight is 403 g/mol. The van der Waals surface area contributed by atoms with Crippen LogP contribution in [0.4, 0.5) is 0 Å². The van der Waals surface area contributed by atoms with Crippen LogP contribution in [0.5, 0.6) is 0 Å². The van der Waals surface area contributed by atoms with Crippen LogP contribution in [-0.2, 0) is 16.1 Å². The van der Waals surface area contributed by atoms with E-state index >= 15 is 0 Å². The largest absolute Gasteiger partial charge is 0.322 e. The van der Waals surface area contributed by atoms with Crippen LogP contribution in [0.1, 0.15) is 34.5 Å². The summed E-state index contributed by atoms with van der Waals surface area (Å²) >= 11 is 0. The highest BCUT2D eigenvalue weighted by Crippen LogP contribution is 2.29. The molecule has 1 unspecified atom stereocenters. The van der Waals surface area contributed by atoms with Crippen LogP contribution in [0.25, 0.3) is 17.2 Å². The summed E-state index contributed by atoms with van der Waals surface area (Å²) in [5, 5.41) is 10.6. The first-order chi connectivity index (χ1) is 14.5. The Bertz CT molecular complexity index is 1200. The van der Waals surface area contributed by atoms with Crippen LogP contribution in [0, 0.1) is 6.92 Å². The predicted molar refractivity (Wildman–Crippen MR) is 103 cm³/mol. The Kier molecular flexibility index (Phi) is 4.12. The van der Waals surface area contributed by atoms with E-state index in [1.807, 2.05) is 19.1 Å². The molecule has 2 aliphatic rings. The molecule has 3 amide bonds. The van der Waals surface area contributed by atoms with Crippen molar-refractivity contribution in [2.24, 2.45) is 0 Å². The Morgan fingerprint density at radius 2 is 2.03 bits per heavy atom. The van der Waals surface area contributed by atoms with Gasteiger partial charge in [-0.05, 0) is 37.1 Å². The molecule has 0 radical (unpaired) electrons. The second kappa shape index (κ2) is 6.83. The van der Waals surface area contributed by atoms with Gasteiger partial charge in [-0.2, -0.15) is 0 Å². The normalized spacial score (nSPS) is 18.5. The molecule has 150 valence electrons. The lowest BCUT2D eigenvalue weighted by Gasteiger charge is -2.29. The van der Waals surface area contributed by atoms with E-state index in [0.717, 1.165) is 11.3 Å². The lowest BCUT2D eigenvalue weighted by atomic mass is 10.0. The van der Waals surface area contributed by atoms with E-state index in [1.165, 1.54) is 4.90 Å². The number of nitrogens with zero attached hydrogens (tertiary/aromatic N) is 6. The molecule has 0 aliphatic carbocycles. The number of carbonyl (C=O) groups is 3. The third-order valence-corrected chi connectivity index (χ3v) is 5.29. The smallest absolute Gasteiger partial charge is 0.255 e. The summed E-state index contributed by atoms with van der Waals surface area (Å²) in [5.74, 6) is -0.486. The molecule has 1 saturated heterocycles. The van der Waals surface area contributed by atoms with E-state index in [9.17, 15) is 14.4 Å². The van der Waals surface area contributed by atoms with E-state index in [-0.39, 0.29) is 18.2 Å². The van der Waals surface area contributed by atoms with Gasteiger partial charge in [-0.3, -0.25) is 19.7 Å². The van der Waals surface area contributed by atoms with Crippen molar-refractivity contribution in [2.45, 2.75) is 32.4 Å². The SMILES string of the molecule is Cc1ccnc(-c2cn(-c3ccc4c(c3)C(=O)N(C3CCC(=O)NC3=O)C4)nn2)n1. The van der Waals surface area contributed by atoms with Crippen molar-refractivity contribution in [1.29, 1.82) is 0 Å². The Labute approximate surface area is 170 Å². The van der Waals surface area contributed by atoms with Crippen molar-refractivity contribution < 1.29 is 14.4 Å². The monoisotopic (exact) mass is 403 g/mol. The minimum atomic E-state index is -0.637. The van der Waals surface area contributed by atoms with Gasteiger partial charge in [-0.25, -0.2) is 14.6 Å².